The first-order valence-electron chi connectivity index (χ1n) is 7.65. The zero-order chi connectivity index (χ0) is 17.8. The number of methoxy groups -OCH3 is 1. The molecule has 1 atom stereocenters. The van der Waals surface area contributed by atoms with Crippen LogP contribution in [0.3, 0.4) is 0 Å². The summed E-state index contributed by atoms with van der Waals surface area (Å²) in [6.07, 6.45) is -0.742. The van der Waals surface area contributed by atoms with Crippen LogP contribution in [0, 0.1) is 0 Å². The van der Waals surface area contributed by atoms with Crippen LogP contribution in [-0.4, -0.2) is 31.4 Å². The summed E-state index contributed by atoms with van der Waals surface area (Å²) < 4.78 is 17.2. The quantitative estimate of drug-likeness (QED) is 0.627. The van der Waals surface area contributed by atoms with E-state index in [1.54, 1.807) is 19.2 Å². The van der Waals surface area contributed by atoms with E-state index in [0.29, 0.717) is 17.2 Å². The van der Waals surface area contributed by atoms with Gasteiger partial charge in [-0.3, -0.25) is 4.79 Å². The molecule has 25 heavy (non-hydrogen) atoms. The third-order valence-corrected chi connectivity index (χ3v) is 4.32. The smallest absolute Gasteiger partial charge is 0.284 e. The van der Waals surface area contributed by atoms with Gasteiger partial charge in [-0.2, -0.15) is 5.10 Å². The number of rotatable bonds is 4. The third kappa shape index (κ3) is 3.93. The largest absolute Gasteiger partial charge is 0.496 e. The molecule has 3 rings (SSSR count). The van der Waals surface area contributed by atoms with Gasteiger partial charge in [0.15, 0.2) is 11.5 Å². The molecular weight excluding hydrogens is 388 g/mol. The molecule has 0 radical (unpaired) electrons. The van der Waals surface area contributed by atoms with Crippen molar-refractivity contribution in [3.8, 4) is 17.2 Å². The molecule has 0 aliphatic carbocycles. The highest BCUT2D eigenvalue weighted by Gasteiger charge is 2.27. The lowest BCUT2D eigenvalue weighted by molar-refractivity contribution is -0.130. The molecule has 1 N–H and O–H groups in total. The summed E-state index contributed by atoms with van der Waals surface area (Å²) in [5.74, 6) is 1.55. The van der Waals surface area contributed by atoms with Crippen molar-refractivity contribution in [1.29, 1.82) is 0 Å². The SMILES string of the molecule is COc1ccc(/C(C)=N\NC(=O)[C@H]2COc3ccccc3O2)cc1Br. The van der Waals surface area contributed by atoms with Crippen molar-refractivity contribution in [3.63, 3.8) is 0 Å². The molecule has 1 heterocycles. The second-order valence-corrected chi connectivity index (χ2v) is 6.24. The normalized spacial score (nSPS) is 16.3. The summed E-state index contributed by atoms with van der Waals surface area (Å²) in [5.41, 5.74) is 4.05. The average Bonchev–Trinajstić information content (AvgIpc) is 2.65. The molecule has 0 unspecified atom stereocenters. The molecule has 0 spiro atoms. The van der Waals surface area contributed by atoms with E-state index in [-0.39, 0.29) is 12.5 Å². The Balaban J connectivity index is 1.65. The van der Waals surface area contributed by atoms with Gasteiger partial charge >= 0.3 is 0 Å². The van der Waals surface area contributed by atoms with Crippen LogP contribution in [0.5, 0.6) is 17.2 Å². The molecule has 0 saturated carbocycles. The van der Waals surface area contributed by atoms with Gasteiger partial charge in [-0.15, -0.1) is 0 Å². The number of nitrogens with one attached hydrogen (secondary N) is 1. The number of hydrogen-bond acceptors (Lipinski definition) is 5. The molecular formula is C18H17BrN2O4. The predicted molar refractivity (Wildman–Crippen MR) is 97.4 cm³/mol. The van der Waals surface area contributed by atoms with Crippen LogP contribution < -0.4 is 19.6 Å². The maximum atomic E-state index is 12.3. The number of hydrogen-bond donors (Lipinski definition) is 1. The van der Waals surface area contributed by atoms with Crippen molar-refractivity contribution >= 4 is 27.5 Å². The van der Waals surface area contributed by atoms with Crippen LogP contribution in [-0.2, 0) is 4.79 Å². The van der Waals surface area contributed by atoms with Crippen LogP contribution in [0.1, 0.15) is 12.5 Å². The Bertz CT molecular complexity index is 822. The number of benzene rings is 2. The number of carbonyl (C=O) groups excluding carboxylic acids is 1. The average molecular weight is 405 g/mol. The maximum absolute atomic E-state index is 12.3. The molecule has 1 amide bonds. The molecule has 1 aliphatic rings. The number of ether oxygens (including phenoxy) is 3. The van der Waals surface area contributed by atoms with Crippen LogP contribution in [0.2, 0.25) is 0 Å². The van der Waals surface area contributed by atoms with Crippen LogP contribution in [0.15, 0.2) is 52.0 Å². The van der Waals surface area contributed by atoms with Gasteiger partial charge < -0.3 is 14.2 Å². The van der Waals surface area contributed by atoms with Crippen LogP contribution >= 0.6 is 15.9 Å². The molecule has 1 aliphatic heterocycles. The Morgan fingerprint density at radius 1 is 1.28 bits per heavy atom. The number of hydrazone groups is 1. The van der Waals surface area contributed by atoms with E-state index in [1.165, 1.54) is 0 Å². The van der Waals surface area contributed by atoms with Gasteiger partial charge in [-0.05, 0) is 58.7 Å². The first kappa shape index (κ1) is 17.3. The minimum absolute atomic E-state index is 0.144. The lowest BCUT2D eigenvalue weighted by atomic mass is 10.1. The van der Waals surface area contributed by atoms with Crippen molar-refractivity contribution in [1.82, 2.24) is 5.43 Å². The standard InChI is InChI=1S/C18H17BrN2O4/c1-11(12-7-8-14(23-2)13(19)9-12)20-21-18(22)17-10-24-15-5-3-4-6-16(15)25-17/h3-9,17H,10H2,1-2H3,(H,21,22)/b20-11-/t17-/m1/s1. The van der Waals surface area contributed by atoms with E-state index in [9.17, 15) is 4.79 Å². The first-order valence-corrected chi connectivity index (χ1v) is 8.44. The zero-order valence-electron chi connectivity index (χ0n) is 13.8. The summed E-state index contributed by atoms with van der Waals surface area (Å²) >= 11 is 3.43. The lowest BCUT2D eigenvalue weighted by Crippen LogP contribution is -2.42. The topological polar surface area (TPSA) is 69.2 Å². The van der Waals surface area contributed by atoms with Gasteiger partial charge in [0, 0.05) is 0 Å². The Labute approximate surface area is 153 Å². The fourth-order valence-corrected chi connectivity index (χ4v) is 2.86. The second kappa shape index (κ2) is 7.57. The highest BCUT2D eigenvalue weighted by atomic mass is 79.9. The second-order valence-electron chi connectivity index (χ2n) is 5.39. The van der Waals surface area contributed by atoms with Gasteiger partial charge in [0.05, 0.1) is 17.3 Å². The molecule has 130 valence electrons. The molecule has 2 aromatic rings. The highest BCUT2D eigenvalue weighted by molar-refractivity contribution is 9.10. The van der Waals surface area contributed by atoms with Gasteiger partial charge in [0.25, 0.3) is 5.91 Å². The van der Waals surface area contributed by atoms with Crippen molar-refractivity contribution < 1.29 is 19.0 Å². The number of carbonyl (C=O) groups is 1. The summed E-state index contributed by atoms with van der Waals surface area (Å²) in [5, 5.41) is 4.14. The molecule has 0 saturated heterocycles. The molecule has 6 nitrogen and oxygen atoms in total. The molecule has 0 bridgehead atoms. The Morgan fingerprint density at radius 2 is 2.04 bits per heavy atom. The monoisotopic (exact) mass is 404 g/mol. The Hall–Kier alpha value is -2.54. The molecule has 0 fully saturated rings. The number of nitrogens with zero attached hydrogens (tertiary/aromatic N) is 1. The van der Waals surface area contributed by atoms with E-state index in [1.807, 2.05) is 37.3 Å². The van der Waals surface area contributed by atoms with E-state index >= 15 is 0 Å². The minimum Gasteiger partial charge on any atom is -0.496 e. The van der Waals surface area contributed by atoms with E-state index < -0.39 is 6.10 Å². The fourth-order valence-electron chi connectivity index (χ4n) is 2.32. The van der Waals surface area contributed by atoms with Crippen molar-refractivity contribution in [2.45, 2.75) is 13.0 Å². The van der Waals surface area contributed by atoms with Crippen molar-refractivity contribution in [2.75, 3.05) is 13.7 Å². The van der Waals surface area contributed by atoms with E-state index in [0.717, 1.165) is 15.8 Å². The summed E-state index contributed by atoms with van der Waals surface area (Å²) in [4.78, 5) is 12.3. The predicted octanol–water partition coefficient (Wildman–Crippen LogP) is 3.14. The van der Waals surface area contributed by atoms with Crippen molar-refractivity contribution in [3.05, 3.63) is 52.5 Å². The Kier molecular flexibility index (Phi) is 5.23. The summed E-state index contributed by atoms with van der Waals surface area (Å²) in [6.45, 7) is 1.95. The first-order chi connectivity index (χ1) is 12.1. The number of halogens is 1. The molecule has 0 aromatic heterocycles. The van der Waals surface area contributed by atoms with Crippen LogP contribution in [0.4, 0.5) is 0 Å². The third-order valence-electron chi connectivity index (χ3n) is 3.70. The number of fused-ring (bicyclic) bond motifs is 1. The lowest BCUT2D eigenvalue weighted by Gasteiger charge is -2.24. The fraction of sp³-hybridized carbons (Fsp3) is 0.222. The summed E-state index contributed by atoms with van der Waals surface area (Å²) in [6, 6.07) is 12.8. The van der Waals surface area contributed by atoms with Gasteiger partial charge in [-0.1, -0.05) is 12.1 Å². The number of para-hydroxylation sites is 2. The molecule has 7 heteroatoms. The Morgan fingerprint density at radius 3 is 2.76 bits per heavy atom. The van der Waals surface area contributed by atoms with Gasteiger partial charge in [0.2, 0.25) is 6.10 Å². The zero-order valence-corrected chi connectivity index (χ0v) is 15.4. The van der Waals surface area contributed by atoms with Gasteiger partial charge in [0.1, 0.15) is 12.4 Å². The number of amides is 1. The van der Waals surface area contributed by atoms with Gasteiger partial charge in [-0.25, -0.2) is 5.43 Å². The van der Waals surface area contributed by atoms with Crippen LogP contribution in [0.25, 0.3) is 0 Å². The van der Waals surface area contributed by atoms with Crippen molar-refractivity contribution in [2.24, 2.45) is 5.10 Å². The maximum Gasteiger partial charge on any atom is 0.284 e. The minimum atomic E-state index is -0.742. The summed E-state index contributed by atoms with van der Waals surface area (Å²) in [7, 11) is 1.60. The van der Waals surface area contributed by atoms with E-state index in [4.69, 9.17) is 14.2 Å². The van der Waals surface area contributed by atoms with E-state index in [2.05, 4.69) is 26.5 Å². The highest BCUT2D eigenvalue weighted by Crippen LogP contribution is 2.30. The molecule has 2 aromatic carbocycles.